The fourth-order valence-electron chi connectivity index (χ4n) is 1.34. The minimum absolute atomic E-state index is 0.0138. The highest BCUT2D eigenvalue weighted by Gasteiger charge is 2.24. The number of primary amides is 1. The predicted octanol–water partition coefficient (Wildman–Crippen LogP) is 0.764. The molecule has 6 heteroatoms. The van der Waals surface area contributed by atoms with Gasteiger partial charge in [0.2, 0.25) is 0 Å². The van der Waals surface area contributed by atoms with Crippen LogP contribution in [-0.2, 0) is 14.4 Å². The first-order chi connectivity index (χ1) is 7.38. The average molecular weight is 232 g/mol. The zero-order valence-corrected chi connectivity index (χ0v) is 10.2. The van der Waals surface area contributed by atoms with E-state index in [1.165, 1.54) is 14.2 Å². The van der Waals surface area contributed by atoms with Gasteiger partial charge in [0.1, 0.15) is 6.61 Å². The molecule has 0 saturated carbocycles. The van der Waals surface area contributed by atoms with Crippen molar-refractivity contribution in [2.24, 2.45) is 17.6 Å². The largest absolute Gasteiger partial charge is 0.449 e. The summed E-state index contributed by atoms with van der Waals surface area (Å²) in [4.78, 5) is 27.1. The molecule has 1 atom stereocenters. The number of amides is 2. The molecule has 0 fully saturated rings. The van der Waals surface area contributed by atoms with Crippen molar-refractivity contribution in [3.05, 3.63) is 0 Å². The lowest BCUT2D eigenvalue weighted by Gasteiger charge is -2.22. The Morgan fingerprint density at radius 2 is 1.94 bits per heavy atom. The van der Waals surface area contributed by atoms with Gasteiger partial charge in [-0.1, -0.05) is 13.8 Å². The van der Waals surface area contributed by atoms with Crippen LogP contribution < -0.4 is 5.73 Å². The Morgan fingerprint density at radius 3 is 2.31 bits per heavy atom. The Morgan fingerprint density at radius 1 is 1.38 bits per heavy atom. The average Bonchev–Trinajstić information content (AvgIpc) is 2.21. The van der Waals surface area contributed by atoms with E-state index in [0.29, 0.717) is 12.3 Å². The zero-order chi connectivity index (χ0) is 12.7. The van der Waals surface area contributed by atoms with E-state index in [4.69, 9.17) is 10.6 Å². The van der Waals surface area contributed by atoms with E-state index in [1.54, 1.807) is 0 Å². The number of rotatable bonds is 6. The summed E-state index contributed by atoms with van der Waals surface area (Å²) < 4.78 is 4.66. The zero-order valence-electron chi connectivity index (χ0n) is 10.2. The molecular weight excluding hydrogens is 212 g/mol. The molecule has 0 aliphatic rings. The highest BCUT2D eigenvalue weighted by atomic mass is 16.7. The highest BCUT2D eigenvalue weighted by molar-refractivity contribution is 5.78. The summed E-state index contributed by atoms with van der Waals surface area (Å²) >= 11 is 0. The van der Waals surface area contributed by atoms with Crippen molar-refractivity contribution >= 4 is 12.0 Å². The van der Waals surface area contributed by atoms with Crippen LogP contribution >= 0.6 is 0 Å². The Kier molecular flexibility index (Phi) is 6.48. The number of hydrogen-bond donors (Lipinski definition) is 1. The number of nitrogens with two attached hydrogens (primary N) is 1. The number of hydrogen-bond acceptors (Lipinski definition) is 4. The summed E-state index contributed by atoms with van der Waals surface area (Å²) in [6.07, 6.45) is -0.263. The second-order valence-electron chi connectivity index (χ2n) is 3.97. The standard InChI is InChI=1S/C10H20N2O4/c1-7(2)5-8(6-16-10(11)14)9(13)12(3)15-4/h7-8H,5-6H2,1-4H3,(H2,11,14). The maximum absolute atomic E-state index is 11.8. The minimum atomic E-state index is -0.873. The molecule has 2 amide bonds. The van der Waals surface area contributed by atoms with Crippen molar-refractivity contribution in [2.75, 3.05) is 20.8 Å². The maximum atomic E-state index is 11.8. The number of carbonyl (C=O) groups excluding carboxylic acids is 2. The molecule has 1 unspecified atom stereocenters. The van der Waals surface area contributed by atoms with E-state index in [-0.39, 0.29) is 12.5 Å². The Balaban J connectivity index is 4.40. The van der Waals surface area contributed by atoms with Gasteiger partial charge in [0.05, 0.1) is 13.0 Å². The Bertz CT molecular complexity index is 243. The molecule has 0 spiro atoms. The molecule has 0 aliphatic heterocycles. The first kappa shape index (κ1) is 14.7. The van der Waals surface area contributed by atoms with Crippen molar-refractivity contribution in [2.45, 2.75) is 20.3 Å². The van der Waals surface area contributed by atoms with Crippen LogP contribution in [0.2, 0.25) is 0 Å². The smallest absolute Gasteiger partial charge is 0.404 e. The van der Waals surface area contributed by atoms with Gasteiger partial charge in [0.25, 0.3) is 5.91 Å². The third-order valence-corrected chi connectivity index (χ3v) is 2.12. The molecule has 0 aliphatic carbocycles. The summed E-state index contributed by atoms with van der Waals surface area (Å²) in [6.45, 7) is 3.95. The quantitative estimate of drug-likeness (QED) is 0.685. The second-order valence-corrected chi connectivity index (χ2v) is 3.97. The molecular formula is C10H20N2O4. The summed E-state index contributed by atoms with van der Waals surface area (Å²) in [5, 5.41) is 1.12. The first-order valence-electron chi connectivity index (χ1n) is 5.12. The number of hydroxylamine groups is 2. The van der Waals surface area contributed by atoms with Gasteiger partial charge >= 0.3 is 6.09 Å². The van der Waals surface area contributed by atoms with E-state index >= 15 is 0 Å². The van der Waals surface area contributed by atoms with Gasteiger partial charge in [-0.15, -0.1) is 0 Å². The van der Waals surface area contributed by atoms with E-state index in [1.807, 2.05) is 13.8 Å². The van der Waals surface area contributed by atoms with E-state index in [0.717, 1.165) is 5.06 Å². The lowest BCUT2D eigenvalue weighted by atomic mass is 9.97. The molecule has 0 saturated heterocycles. The molecule has 0 aromatic heterocycles. The molecule has 0 bridgehead atoms. The topological polar surface area (TPSA) is 81.9 Å². The van der Waals surface area contributed by atoms with E-state index in [2.05, 4.69) is 4.74 Å². The molecule has 0 aromatic carbocycles. The van der Waals surface area contributed by atoms with Crippen molar-refractivity contribution in [1.29, 1.82) is 0 Å². The van der Waals surface area contributed by atoms with Crippen LogP contribution in [-0.4, -0.2) is 37.8 Å². The monoisotopic (exact) mass is 232 g/mol. The van der Waals surface area contributed by atoms with Gasteiger partial charge in [0, 0.05) is 7.05 Å². The first-order valence-corrected chi connectivity index (χ1v) is 5.12. The van der Waals surface area contributed by atoms with Crippen LogP contribution in [0.25, 0.3) is 0 Å². The lowest BCUT2D eigenvalue weighted by Crippen LogP contribution is -2.36. The van der Waals surface area contributed by atoms with Crippen molar-refractivity contribution in [3.63, 3.8) is 0 Å². The number of carbonyl (C=O) groups is 2. The highest BCUT2D eigenvalue weighted by Crippen LogP contribution is 2.14. The third-order valence-electron chi connectivity index (χ3n) is 2.12. The van der Waals surface area contributed by atoms with Crippen LogP contribution in [0.15, 0.2) is 0 Å². The molecule has 0 heterocycles. The van der Waals surface area contributed by atoms with Gasteiger partial charge in [-0.05, 0) is 12.3 Å². The molecule has 0 rings (SSSR count). The summed E-state index contributed by atoms with van der Waals surface area (Å²) in [5.41, 5.74) is 4.86. The van der Waals surface area contributed by atoms with Crippen LogP contribution in [0.4, 0.5) is 4.79 Å². The lowest BCUT2D eigenvalue weighted by molar-refractivity contribution is -0.175. The molecule has 0 aromatic rings. The fourth-order valence-corrected chi connectivity index (χ4v) is 1.34. The van der Waals surface area contributed by atoms with Gasteiger partial charge in [-0.25, -0.2) is 9.86 Å². The fraction of sp³-hybridized carbons (Fsp3) is 0.800. The third kappa shape index (κ3) is 5.55. The minimum Gasteiger partial charge on any atom is -0.449 e. The Labute approximate surface area is 95.6 Å². The van der Waals surface area contributed by atoms with Crippen molar-refractivity contribution < 1.29 is 19.2 Å². The van der Waals surface area contributed by atoms with Crippen molar-refractivity contribution in [1.82, 2.24) is 5.06 Å². The van der Waals surface area contributed by atoms with Gasteiger partial charge < -0.3 is 10.5 Å². The second kappa shape index (κ2) is 7.05. The molecule has 2 N–H and O–H groups in total. The maximum Gasteiger partial charge on any atom is 0.404 e. The molecule has 6 nitrogen and oxygen atoms in total. The van der Waals surface area contributed by atoms with Gasteiger partial charge in [-0.3, -0.25) is 9.63 Å². The number of nitrogens with zero attached hydrogens (tertiary/aromatic N) is 1. The summed E-state index contributed by atoms with van der Waals surface area (Å²) in [5.74, 6) is -0.328. The van der Waals surface area contributed by atoms with Crippen LogP contribution in [0, 0.1) is 11.8 Å². The Hall–Kier alpha value is -1.30. The van der Waals surface area contributed by atoms with Crippen LogP contribution in [0.3, 0.4) is 0 Å². The van der Waals surface area contributed by atoms with Crippen molar-refractivity contribution in [3.8, 4) is 0 Å². The normalized spacial score (nSPS) is 12.3. The SMILES string of the molecule is CON(C)C(=O)C(COC(N)=O)CC(C)C. The van der Waals surface area contributed by atoms with Gasteiger partial charge in [-0.2, -0.15) is 0 Å². The summed E-state index contributed by atoms with van der Waals surface area (Å²) in [7, 11) is 2.92. The predicted molar refractivity (Wildman–Crippen MR) is 58.3 cm³/mol. The van der Waals surface area contributed by atoms with Gasteiger partial charge in [0.15, 0.2) is 0 Å². The summed E-state index contributed by atoms with van der Waals surface area (Å²) in [6, 6.07) is 0. The number of ether oxygens (including phenoxy) is 1. The van der Waals surface area contributed by atoms with E-state index in [9.17, 15) is 9.59 Å². The van der Waals surface area contributed by atoms with Crippen LogP contribution in [0.1, 0.15) is 20.3 Å². The molecule has 0 radical (unpaired) electrons. The molecule has 94 valence electrons. The van der Waals surface area contributed by atoms with Crippen LogP contribution in [0.5, 0.6) is 0 Å². The van der Waals surface area contributed by atoms with E-state index < -0.39 is 12.0 Å². The molecule has 16 heavy (non-hydrogen) atoms.